The molecule has 11 nitrogen and oxygen atoms in total. The van der Waals surface area contributed by atoms with E-state index in [4.69, 9.17) is 14.2 Å². The van der Waals surface area contributed by atoms with E-state index in [1.54, 1.807) is 65.3 Å². The van der Waals surface area contributed by atoms with E-state index in [0.717, 1.165) is 0 Å². The van der Waals surface area contributed by atoms with Crippen LogP contribution >= 0.6 is 0 Å². The smallest absolute Gasteiger partial charge is 0.313 e. The number of rotatable bonds is 17. The van der Waals surface area contributed by atoms with E-state index in [1.165, 1.54) is 0 Å². The number of anilines is 1. The van der Waals surface area contributed by atoms with E-state index >= 15 is 0 Å². The molecule has 268 valence electrons. The van der Waals surface area contributed by atoms with Gasteiger partial charge in [-0.2, -0.15) is 0 Å². The number of fused-ring (bicyclic) bond motifs is 1. The molecule has 0 radical (unpaired) electrons. The number of amides is 3. The molecule has 3 amide bonds. The van der Waals surface area contributed by atoms with Gasteiger partial charge in [0.05, 0.1) is 31.1 Å². The van der Waals surface area contributed by atoms with Crippen molar-refractivity contribution < 1.29 is 38.5 Å². The second-order valence-electron chi connectivity index (χ2n) is 13.3. The first kappa shape index (κ1) is 36.8. The van der Waals surface area contributed by atoms with Crippen molar-refractivity contribution in [2.75, 3.05) is 38.8 Å². The van der Waals surface area contributed by atoms with Gasteiger partial charge in [-0.15, -0.1) is 13.2 Å². The van der Waals surface area contributed by atoms with E-state index in [1.807, 2.05) is 37.3 Å². The first-order valence-electron chi connectivity index (χ1n) is 17.4. The van der Waals surface area contributed by atoms with Gasteiger partial charge in [0.2, 0.25) is 11.8 Å². The average molecular weight is 688 g/mol. The van der Waals surface area contributed by atoms with Gasteiger partial charge >= 0.3 is 5.97 Å². The Labute approximate surface area is 294 Å². The van der Waals surface area contributed by atoms with E-state index in [2.05, 4.69) is 13.2 Å². The summed E-state index contributed by atoms with van der Waals surface area (Å²) in [5.74, 6) is -2.61. The number of hydrogen-bond acceptors (Lipinski definition) is 8. The summed E-state index contributed by atoms with van der Waals surface area (Å²) in [6.07, 6.45) is 4.51. The van der Waals surface area contributed by atoms with Gasteiger partial charge in [-0.3, -0.25) is 19.2 Å². The number of unbranched alkanes of at least 4 members (excludes halogenated alkanes) is 1. The average Bonchev–Trinajstić information content (AvgIpc) is 3.78. The van der Waals surface area contributed by atoms with Gasteiger partial charge in [-0.1, -0.05) is 42.5 Å². The fourth-order valence-corrected chi connectivity index (χ4v) is 7.82. The summed E-state index contributed by atoms with van der Waals surface area (Å²) in [4.78, 5) is 61.3. The van der Waals surface area contributed by atoms with E-state index < -0.39 is 47.7 Å². The normalized spacial score (nSPS) is 24.6. The zero-order valence-electron chi connectivity index (χ0n) is 29.2. The maximum absolute atomic E-state index is 14.7. The predicted molar refractivity (Wildman–Crippen MR) is 188 cm³/mol. The molecule has 7 atom stereocenters. The maximum atomic E-state index is 14.7. The molecule has 11 heteroatoms. The van der Waals surface area contributed by atoms with Gasteiger partial charge in [-0.05, 0) is 68.9 Å². The van der Waals surface area contributed by atoms with Crippen LogP contribution in [-0.2, 0) is 28.7 Å². The molecule has 0 unspecified atom stereocenters. The second-order valence-corrected chi connectivity index (χ2v) is 13.3. The zero-order valence-corrected chi connectivity index (χ0v) is 29.2. The van der Waals surface area contributed by atoms with Gasteiger partial charge in [0.25, 0.3) is 5.91 Å². The Morgan fingerprint density at radius 3 is 2.46 bits per heavy atom. The molecule has 1 spiro atoms. The van der Waals surface area contributed by atoms with Gasteiger partial charge < -0.3 is 34.0 Å². The minimum absolute atomic E-state index is 0.0548. The Balaban J connectivity index is 1.48. The quantitative estimate of drug-likeness (QED) is 0.147. The van der Waals surface area contributed by atoms with Crippen molar-refractivity contribution in [3.63, 3.8) is 0 Å². The van der Waals surface area contributed by atoms with Crippen molar-refractivity contribution in [3.05, 3.63) is 85.5 Å². The molecule has 3 fully saturated rings. The molecule has 3 saturated heterocycles. The number of esters is 1. The fourth-order valence-electron chi connectivity index (χ4n) is 7.82. The minimum atomic E-state index is -1.24. The number of ether oxygens (including phenoxy) is 3. The molecule has 0 saturated carbocycles. The van der Waals surface area contributed by atoms with Crippen LogP contribution < -0.4 is 9.64 Å². The summed E-state index contributed by atoms with van der Waals surface area (Å²) < 4.78 is 18.3. The highest BCUT2D eigenvalue weighted by Crippen LogP contribution is 2.59. The molecule has 2 aromatic carbocycles. The molecule has 2 aromatic rings. The van der Waals surface area contributed by atoms with E-state index in [9.17, 15) is 24.3 Å². The number of benzene rings is 2. The maximum Gasteiger partial charge on any atom is 0.313 e. The largest absolute Gasteiger partial charge is 0.497 e. The molecule has 0 aliphatic carbocycles. The Morgan fingerprint density at radius 1 is 1.10 bits per heavy atom. The summed E-state index contributed by atoms with van der Waals surface area (Å²) in [6, 6.07) is 14.8. The third-order valence-corrected chi connectivity index (χ3v) is 10.5. The van der Waals surface area contributed by atoms with Crippen LogP contribution in [0.3, 0.4) is 0 Å². The molecule has 3 aliphatic rings. The Hall–Kier alpha value is -4.48. The SMILES string of the molecule is C=CCCC(=O)N(C)[C@H](C)[C@H](OC(=O)[C@@H]1[C@@H]2CC[C@]3(O2)[C@H](C(=O)N(CC=C)c2ccc(OC)cc2)N(CCCCO)C(=O)[C@@H]13)c1ccccc1. The Bertz CT molecular complexity index is 1550. The molecule has 3 aliphatic heterocycles. The number of aliphatic hydroxyl groups excluding tert-OH is 1. The Kier molecular flexibility index (Phi) is 11.8. The van der Waals surface area contributed by atoms with Crippen LogP contribution in [0.15, 0.2) is 79.9 Å². The van der Waals surface area contributed by atoms with Crippen LogP contribution in [0.4, 0.5) is 5.69 Å². The number of likely N-dealkylation sites (tertiary alicyclic amines) is 1. The van der Waals surface area contributed by atoms with Crippen molar-refractivity contribution in [3.8, 4) is 5.75 Å². The third-order valence-electron chi connectivity index (χ3n) is 10.5. The fraction of sp³-hybridized carbons (Fsp3) is 0.487. The van der Waals surface area contributed by atoms with Crippen LogP contribution in [-0.4, -0.2) is 96.2 Å². The lowest BCUT2D eigenvalue weighted by Gasteiger charge is -2.37. The summed E-state index contributed by atoms with van der Waals surface area (Å²) in [7, 11) is 3.25. The number of methoxy groups -OCH3 is 1. The number of allylic oxidation sites excluding steroid dienone is 1. The first-order valence-corrected chi connectivity index (χ1v) is 17.4. The summed E-state index contributed by atoms with van der Waals surface area (Å²) in [5.41, 5.74) is 0.0820. The Morgan fingerprint density at radius 2 is 1.82 bits per heavy atom. The zero-order chi connectivity index (χ0) is 36.0. The van der Waals surface area contributed by atoms with Crippen LogP contribution in [0.5, 0.6) is 5.75 Å². The van der Waals surface area contributed by atoms with Crippen molar-refractivity contribution in [2.45, 2.75) is 75.3 Å². The first-order chi connectivity index (χ1) is 24.1. The minimum Gasteiger partial charge on any atom is -0.497 e. The predicted octanol–water partition coefficient (Wildman–Crippen LogP) is 4.46. The molecule has 0 aromatic heterocycles. The second kappa shape index (κ2) is 16.0. The molecule has 3 heterocycles. The number of aliphatic hydroxyl groups is 1. The van der Waals surface area contributed by atoms with E-state index in [0.29, 0.717) is 49.1 Å². The monoisotopic (exact) mass is 687 g/mol. The van der Waals surface area contributed by atoms with Crippen molar-refractivity contribution in [1.29, 1.82) is 0 Å². The number of likely N-dealkylation sites (N-methyl/N-ethyl adjacent to an activating group) is 1. The van der Waals surface area contributed by atoms with Crippen molar-refractivity contribution in [2.24, 2.45) is 11.8 Å². The van der Waals surface area contributed by atoms with Crippen LogP contribution in [0, 0.1) is 11.8 Å². The topological polar surface area (TPSA) is 126 Å². The summed E-state index contributed by atoms with van der Waals surface area (Å²) >= 11 is 0. The highest BCUT2D eigenvalue weighted by Gasteiger charge is 2.75. The molecule has 1 N–H and O–H groups in total. The molecule has 5 rings (SSSR count). The van der Waals surface area contributed by atoms with Gasteiger partial charge in [0, 0.05) is 38.9 Å². The van der Waals surface area contributed by atoms with Crippen LogP contribution in [0.1, 0.15) is 57.1 Å². The van der Waals surface area contributed by atoms with Crippen LogP contribution in [0.25, 0.3) is 0 Å². The molecule has 2 bridgehead atoms. The lowest BCUT2D eigenvalue weighted by atomic mass is 9.70. The highest BCUT2D eigenvalue weighted by molar-refractivity contribution is 6.04. The number of nitrogens with zero attached hydrogens (tertiary/aromatic N) is 3. The van der Waals surface area contributed by atoms with E-state index in [-0.39, 0.29) is 43.8 Å². The lowest BCUT2D eigenvalue weighted by molar-refractivity contribution is -0.164. The standard InChI is InChI=1S/C39H49N3O8/c1-6-8-16-31(44)40(4)26(3)34(27-14-10-9-11-15-27)49-38(47)32-30-21-22-39(50-30)33(32)36(45)42(24-12-13-25-43)35(39)37(46)41(23-7-2)28-17-19-29(48-5)20-18-28/h6-7,9-11,14-15,17-20,26,30,32-35,43H,1-2,8,12-13,16,21-25H2,3-5H3/t26-,30+,32-,33-,34+,35+,39-/m1/s1. The lowest BCUT2D eigenvalue weighted by Crippen LogP contribution is -2.56. The van der Waals surface area contributed by atoms with Gasteiger partial charge in [0.1, 0.15) is 23.5 Å². The van der Waals surface area contributed by atoms with Crippen molar-refractivity contribution >= 4 is 29.4 Å². The summed E-state index contributed by atoms with van der Waals surface area (Å²) in [6.45, 7) is 9.76. The van der Waals surface area contributed by atoms with Gasteiger partial charge in [-0.25, -0.2) is 0 Å². The van der Waals surface area contributed by atoms with Crippen molar-refractivity contribution in [1.82, 2.24) is 9.80 Å². The summed E-state index contributed by atoms with van der Waals surface area (Å²) in [5, 5.41) is 9.53. The van der Waals surface area contributed by atoms with Gasteiger partial charge in [0.15, 0.2) is 0 Å². The molecule has 50 heavy (non-hydrogen) atoms. The number of carbonyl (C=O) groups excluding carboxylic acids is 4. The number of carbonyl (C=O) groups is 4. The third kappa shape index (κ3) is 6.93. The highest BCUT2D eigenvalue weighted by atomic mass is 16.6. The molecular formula is C39H49N3O8. The molecular weight excluding hydrogens is 638 g/mol. The van der Waals surface area contributed by atoms with Crippen LogP contribution in [0.2, 0.25) is 0 Å². The number of hydrogen-bond donors (Lipinski definition) is 1.